The van der Waals surface area contributed by atoms with Crippen LogP contribution < -0.4 is 0 Å². The minimum Gasteiger partial charge on any atom is -0.346 e. The van der Waals surface area contributed by atoms with E-state index in [9.17, 15) is 9.59 Å². The molecule has 1 atom stereocenters. The van der Waals surface area contributed by atoms with Crippen LogP contribution in [0.2, 0.25) is 0 Å². The van der Waals surface area contributed by atoms with Crippen LogP contribution >= 0.6 is 0 Å². The Kier molecular flexibility index (Phi) is 6.55. The van der Waals surface area contributed by atoms with Crippen LogP contribution in [-0.4, -0.2) is 72.3 Å². The number of fused-ring (bicyclic) bond motifs is 2. The fourth-order valence-electron chi connectivity index (χ4n) is 5.84. The van der Waals surface area contributed by atoms with Gasteiger partial charge in [0.05, 0.1) is 11.5 Å². The van der Waals surface area contributed by atoms with E-state index in [1.165, 1.54) is 0 Å². The van der Waals surface area contributed by atoms with E-state index < -0.39 is 0 Å². The van der Waals surface area contributed by atoms with Crippen LogP contribution in [0.4, 0.5) is 0 Å². The van der Waals surface area contributed by atoms with E-state index in [4.69, 9.17) is 0 Å². The normalized spacial score (nSPS) is 20.1. The van der Waals surface area contributed by atoms with Crippen molar-refractivity contribution in [3.8, 4) is 0 Å². The monoisotopic (exact) mass is 457 g/mol. The summed E-state index contributed by atoms with van der Waals surface area (Å²) in [5.41, 5.74) is 0.832. The molecule has 0 saturated carbocycles. The molecule has 0 radical (unpaired) electrons. The minimum absolute atomic E-state index is 0.111. The van der Waals surface area contributed by atoms with Crippen LogP contribution in [0, 0.1) is 5.92 Å². The summed E-state index contributed by atoms with van der Waals surface area (Å²) in [5, 5.41) is 4.29. The van der Waals surface area contributed by atoms with Crippen molar-refractivity contribution in [2.45, 2.75) is 38.6 Å². The van der Waals surface area contributed by atoms with Crippen molar-refractivity contribution in [1.29, 1.82) is 0 Å². The first-order valence-electron chi connectivity index (χ1n) is 12.8. The van der Waals surface area contributed by atoms with E-state index >= 15 is 0 Å². The highest BCUT2D eigenvalue weighted by Crippen LogP contribution is 2.31. The molecule has 0 bridgehead atoms. The molecule has 3 aromatic rings. The third-order valence-electron chi connectivity index (χ3n) is 7.91. The van der Waals surface area contributed by atoms with Crippen molar-refractivity contribution in [2.75, 3.05) is 39.8 Å². The van der Waals surface area contributed by atoms with E-state index in [0.717, 1.165) is 85.5 Å². The minimum atomic E-state index is 0.111. The van der Waals surface area contributed by atoms with Gasteiger partial charge >= 0.3 is 0 Å². The highest BCUT2D eigenvalue weighted by molar-refractivity contribution is 6.18. The van der Waals surface area contributed by atoms with Crippen molar-refractivity contribution in [1.82, 2.24) is 14.7 Å². The van der Waals surface area contributed by atoms with Crippen LogP contribution in [0.5, 0.6) is 0 Å². The van der Waals surface area contributed by atoms with Crippen LogP contribution in [0.25, 0.3) is 21.5 Å². The van der Waals surface area contributed by atoms with Gasteiger partial charge in [-0.2, -0.15) is 0 Å². The first kappa shape index (κ1) is 22.9. The molecule has 0 aromatic heterocycles. The van der Waals surface area contributed by atoms with Crippen LogP contribution in [0.1, 0.15) is 43.0 Å². The SMILES string of the molecule is CCN(C)C(=O)[C@@H]1CCCN(C2CCN(C(=O)c3c4ccccc4cc4ccccc34)CC2)C1. The molecule has 2 fully saturated rings. The van der Waals surface area contributed by atoms with Gasteiger partial charge in [-0.25, -0.2) is 0 Å². The van der Waals surface area contributed by atoms with Crippen molar-refractivity contribution in [3.05, 3.63) is 60.2 Å². The lowest BCUT2D eigenvalue weighted by Gasteiger charge is -2.42. The van der Waals surface area contributed by atoms with Gasteiger partial charge in [-0.05, 0) is 66.8 Å². The topological polar surface area (TPSA) is 43.9 Å². The summed E-state index contributed by atoms with van der Waals surface area (Å²) in [6, 6.07) is 19.1. The maximum atomic E-state index is 13.8. The maximum Gasteiger partial charge on any atom is 0.255 e. The molecule has 2 saturated heterocycles. The first-order valence-corrected chi connectivity index (χ1v) is 12.8. The zero-order chi connectivity index (χ0) is 23.7. The molecule has 5 nitrogen and oxygen atoms in total. The number of hydrogen-bond acceptors (Lipinski definition) is 3. The number of amides is 2. The zero-order valence-electron chi connectivity index (χ0n) is 20.4. The second kappa shape index (κ2) is 9.75. The predicted molar refractivity (Wildman–Crippen MR) is 138 cm³/mol. The largest absolute Gasteiger partial charge is 0.346 e. The Balaban J connectivity index is 1.31. The third kappa shape index (κ3) is 4.29. The number of rotatable bonds is 4. The Labute approximate surface area is 202 Å². The summed E-state index contributed by atoms with van der Waals surface area (Å²) < 4.78 is 0. The third-order valence-corrected chi connectivity index (χ3v) is 7.91. The lowest BCUT2D eigenvalue weighted by Crippen LogP contribution is -2.51. The number of nitrogens with zero attached hydrogens (tertiary/aromatic N) is 3. The molecule has 2 aliphatic heterocycles. The maximum absolute atomic E-state index is 13.8. The summed E-state index contributed by atoms with van der Waals surface area (Å²) in [7, 11) is 1.91. The molecule has 3 aromatic carbocycles. The smallest absolute Gasteiger partial charge is 0.255 e. The molecular formula is C29H35N3O2. The summed E-state index contributed by atoms with van der Waals surface area (Å²) >= 11 is 0. The van der Waals surface area contributed by atoms with Crippen LogP contribution in [-0.2, 0) is 4.79 Å². The molecular weight excluding hydrogens is 422 g/mol. The molecule has 0 spiro atoms. The molecule has 5 heteroatoms. The van der Waals surface area contributed by atoms with Crippen molar-refractivity contribution < 1.29 is 9.59 Å². The summed E-state index contributed by atoms with van der Waals surface area (Å²) in [4.78, 5) is 33.0. The lowest BCUT2D eigenvalue weighted by molar-refractivity contribution is -0.136. The summed E-state index contributed by atoms with van der Waals surface area (Å²) in [6.07, 6.45) is 4.01. The van der Waals surface area contributed by atoms with Gasteiger partial charge in [0.25, 0.3) is 5.91 Å². The fourth-order valence-corrected chi connectivity index (χ4v) is 5.84. The fraction of sp³-hybridized carbons (Fsp3) is 0.448. The molecule has 178 valence electrons. The Morgan fingerprint density at radius 2 is 1.53 bits per heavy atom. The van der Waals surface area contributed by atoms with Gasteiger partial charge in [-0.15, -0.1) is 0 Å². The van der Waals surface area contributed by atoms with Crippen molar-refractivity contribution >= 4 is 33.4 Å². The van der Waals surface area contributed by atoms with Crippen molar-refractivity contribution in [2.24, 2.45) is 5.92 Å². The van der Waals surface area contributed by atoms with Gasteiger partial charge in [0.2, 0.25) is 5.91 Å². The molecule has 2 aliphatic rings. The van der Waals surface area contributed by atoms with Gasteiger partial charge in [0, 0.05) is 39.3 Å². The number of piperidine rings is 2. The Hall–Kier alpha value is -2.92. The summed E-state index contributed by atoms with van der Waals surface area (Å²) in [5.74, 6) is 0.533. The zero-order valence-corrected chi connectivity index (χ0v) is 20.4. The van der Waals surface area contributed by atoms with Gasteiger partial charge in [0.15, 0.2) is 0 Å². The molecule has 5 rings (SSSR count). The molecule has 0 aliphatic carbocycles. The van der Waals surface area contributed by atoms with Crippen molar-refractivity contribution in [3.63, 3.8) is 0 Å². The predicted octanol–water partition coefficient (Wildman–Crippen LogP) is 4.79. The van der Waals surface area contributed by atoms with E-state index in [1.807, 2.05) is 48.0 Å². The lowest BCUT2D eigenvalue weighted by atomic mass is 9.92. The first-order chi connectivity index (χ1) is 16.6. The average Bonchev–Trinajstić information content (AvgIpc) is 2.90. The Morgan fingerprint density at radius 3 is 2.15 bits per heavy atom. The van der Waals surface area contributed by atoms with Gasteiger partial charge < -0.3 is 9.80 Å². The molecule has 2 heterocycles. The second-order valence-electron chi connectivity index (χ2n) is 9.90. The highest BCUT2D eigenvalue weighted by Gasteiger charge is 2.34. The van der Waals surface area contributed by atoms with E-state index in [2.05, 4.69) is 35.2 Å². The van der Waals surface area contributed by atoms with Crippen LogP contribution in [0.15, 0.2) is 54.6 Å². The number of benzene rings is 3. The van der Waals surface area contributed by atoms with E-state index in [0.29, 0.717) is 6.04 Å². The van der Waals surface area contributed by atoms with E-state index in [-0.39, 0.29) is 17.7 Å². The average molecular weight is 458 g/mol. The molecule has 0 unspecified atom stereocenters. The quantitative estimate of drug-likeness (QED) is 0.529. The number of carbonyl (C=O) groups is 2. The number of likely N-dealkylation sites (tertiary alicyclic amines) is 2. The van der Waals surface area contributed by atoms with Gasteiger partial charge in [-0.1, -0.05) is 48.5 Å². The molecule has 34 heavy (non-hydrogen) atoms. The Morgan fingerprint density at radius 1 is 0.912 bits per heavy atom. The van der Waals surface area contributed by atoms with Gasteiger partial charge in [0.1, 0.15) is 0 Å². The van der Waals surface area contributed by atoms with Gasteiger partial charge in [-0.3, -0.25) is 14.5 Å². The second-order valence-corrected chi connectivity index (χ2v) is 9.90. The van der Waals surface area contributed by atoms with Crippen LogP contribution in [0.3, 0.4) is 0 Å². The number of carbonyl (C=O) groups excluding carboxylic acids is 2. The Bertz CT molecular complexity index is 1140. The summed E-state index contributed by atoms with van der Waals surface area (Å²) in [6.45, 7) is 6.25. The molecule has 0 N–H and O–H groups in total. The number of hydrogen-bond donors (Lipinski definition) is 0. The standard InChI is InChI=1S/C29H35N3O2/c1-3-30(2)28(33)23-11-8-16-32(20-23)24-14-17-31(18-15-24)29(34)27-25-12-6-4-9-21(25)19-22-10-5-7-13-26(22)27/h4-7,9-10,12-13,19,23-24H,3,8,11,14-18,20H2,1-2H3/t23-/m1/s1. The van der Waals surface area contributed by atoms with E-state index in [1.54, 1.807) is 0 Å². The molecule has 2 amide bonds. The highest BCUT2D eigenvalue weighted by atomic mass is 16.2.